The van der Waals surface area contributed by atoms with Crippen molar-refractivity contribution < 1.29 is 18.3 Å². The fourth-order valence-corrected chi connectivity index (χ4v) is 3.82. The van der Waals surface area contributed by atoms with Crippen LogP contribution in [-0.4, -0.2) is 52.6 Å². The number of carbonyl (C=O) groups is 1. The molecule has 1 fully saturated rings. The number of likely N-dealkylation sites (tertiary alicyclic amines) is 1. The van der Waals surface area contributed by atoms with Gasteiger partial charge in [-0.1, -0.05) is 24.3 Å². The van der Waals surface area contributed by atoms with Crippen molar-refractivity contribution in [2.24, 2.45) is 5.92 Å². The van der Waals surface area contributed by atoms with E-state index in [-0.39, 0.29) is 25.6 Å². The van der Waals surface area contributed by atoms with E-state index in [0.29, 0.717) is 18.8 Å². The maximum Gasteiger partial charge on any atom is 0.410 e. The van der Waals surface area contributed by atoms with Crippen molar-refractivity contribution in [2.75, 3.05) is 25.0 Å². The fourth-order valence-electron chi connectivity index (χ4n) is 3.82. The topological polar surface area (TPSA) is 67.3 Å². The Bertz CT molecular complexity index is 809. The van der Waals surface area contributed by atoms with Crippen molar-refractivity contribution in [2.45, 2.75) is 31.3 Å². The van der Waals surface area contributed by atoms with E-state index in [2.05, 4.69) is 15.3 Å². The summed E-state index contributed by atoms with van der Waals surface area (Å²) in [5.74, 6) is -3.57. The van der Waals surface area contributed by atoms with E-state index in [4.69, 9.17) is 4.74 Å². The van der Waals surface area contributed by atoms with Gasteiger partial charge in [0, 0.05) is 44.2 Å². The number of ether oxygens (including phenoxy) is 1. The van der Waals surface area contributed by atoms with Crippen molar-refractivity contribution in [1.29, 1.82) is 0 Å². The average molecular weight is 388 g/mol. The third-order valence-electron chi connectivity index (χ3n) is 5.36. The molecule has 4 rings (SSSR count). The molecule has 0 spiro atoms. The lowest BCUT2D eigenvalue weighted by Crippen LogP contribution is -2.53. The molecule has 2 aromatic rings. The number of nitrogens with zero attached hydrogens (tertiary/aromatic N) is 3. The van der Waals surface area contributed by atoms with Gasteiger partial charge in [0.15, 0.2) is 0 Å². The molecule has 1 aliphatic heterocycles. The van der Waals surface area contributed by atoms with Crippen LogP contribution in [0.15, 0.2) is 42.7 Å². The summed E-state index contributed by atoms with van der Waals surface area (Å²) < 4.78 is 34.7. The number of alkyl halides is 2. The predicted octanol–water partition coefficient (Wildman–Crippen LogP) is 3.15. The highest BCUT2D eigenvalue weighted by Gasteiger charge is 2.46. The normalized spacial score (nSPS) is 21.2. The lowest BCUT2D eigenvalue weighted by molar-refractivity contribution is -0.103. The summed E-state index contributed by atoms with van der Waals surface area (Å²) in [6.45, 7) is -0.332. The second kappa shape index (κ2) is 7.69. The molecule has 1 aromatic carbocycles. The molecule has 6 nitrogen and oxygen atoms in total. The van der Waals surface area contributed by atoms with Crippen LogP contribution >= 0.6 is 0 Å². The number of nitrogens with one attached hydrogen (secondary N) is 1. The molecule has 0 radical (unpaired) electrons. The maximum atomic E-state index is 14.6. The van der Waals surface area contributed by atoms with Crippen molar-refractivity contribution in [3.63, 3.8) is 0 Å². The number of halogens is 2. The largest absolute Gasteiger partial charge is 0.445 e. The molecular weight excluding hydrogens is 366 g/mol. The van der Waals surface area contributed by atoms with Gasteiger partial charge in [-0.05, 0) is 23.6 Å². The summed E-state index contributed by atoms with van der Waals surface area (Å²) in [7, 11) is 0. The molecular formula is C20H22F2N4O2. The molecule has 2 heterocycles. The minimum Gasteiger partial charge on any atom is -0.445 e. The Morgan fingerprint density at radius 1 is 1.18 bits per heavy atom. The van der Waals surface area contributed by atoms with Gasteiger partial charge in [-0.15, -0.1) is 0 Å². The third-order valence-corrected chi connectivity index (χ3v) is 5.36. The average Bonchev–Trinajstić information content (AvgIpc) is 3.09. The van der Waals surface area contributed by atoms with Crippen LogP contribution in [0.3, 0.4) is 0 Å². The van der Waals surface area contributed by atoms with E-state index in [9.17, 15) is 13.6 Å². The number of hydrogen-bond donors (Lipinski definition) is 1. The Hall–Kier alpha value is -2.77. The summed E-state index contributed by atoms with van der Waals surface area (Å²) in [4.78, 5) is 21.5. The summed E-state index contributed by atoms with van der Waals surface area (Å²) in [6.07, 6.45) is 3.61. The zero-order valence-electron chi connectivity index (χ0n) is 15.4. The zero-order valence-corrected chi connectivity index (χ0v) is 15.4. The number of amides is 1. The lowest BCUT2D eigenvalue weighted by atomic mass is 9.93. The van der Waals surface area contributed by atoms with Gasteiger partial charge in [-0.3, -0.25) is 0 Å². The summed E-state index contributed by atoms with van der Waals surface area (Å²) >= 11 is 0. The Balaban J connectivity index is 1.30. The van der Waals surface area contributed by atoms with Crippen molar-refractivity contribution in [3.05, 3.63) is 53.9 Å². The van der Waals surface area contributed by atoms with E-state index in [0.717, 1.165) is 16.0 Å². The summed E-state index contributed by atoms with van der Waals surface area (Å²) in [6, 6.07) is 9.57. The highest BCUT2D eigenvalue weighted by atomic mass is 19.3. The number of benzene rings is 1. The van der Waals surface area contributed by atoms with Crippen LogP contribution < -0.4 is 5.32 Å². The quantitative estimate of drug-likeness (QED) is 0.872. The molecule has 28 heavy (non-hydrogen) atoms. The molecule has 8 heteroatoms. The van der Waals surface area contributed by atoms with Gasteiger partial charge in [0.05, 0.1) is 6.54 Å². The molecule has 2 aliphatic rings. The van der Waals surface area contributed by atoms with Crippen LogP contribution in [0.5, 0.6) is 0 Å². The number of aromatic nitrogens is 2. The van der Waals surface area contributed by atoms with Gasteiger partial charge in [0.2, 0.25) is 5.95 Å². The van der Waals surface area contributed by atoms with Crippen LogP contribution in [0.4, 0.5) is 19.5 Å². The first-order chi connectivity index (χ1) is 13.5. The Morgan fingerprint density at radius 2 is 1.86 bits per heavy atom. The van der Waals surface area contributed by atoms with Crippen LogP contribution in [0.25, 0.3) is 0 Å². The fraction of sp³-hybridized carbons (Fsp3) is 0.450. The van der Waals surface area contributed by atoms with E-state index < -0.39 is 24.5 Å². The van der Waals surface area contributed by atoms with Crippen molar-refractivity contribution in [3.8, 4) is 0 Å². The van der Waals surface area contributed by atoms with E-state index >= 15 is 0 Å². The number of fused-ring (bicyclic) bond motifs is 1. The summed E-state index contributed by atoms with van der Waals surface area (Å²) in [5.41, 5.74) is 2.30. The molecule has 0 bridgehead atoms. The number of rotatable bonds is 4. The Labute approximate surface area is 161 Å². The SMILES string of the molecule is O=C(OC1Cc2ccccc2C1)N1CCC(CNc2ncccn2)C(F)(F)C1. The molecule has 1 aliphatic carbocycles. The minimum atomic E-state index is -3.00. The second-order valence-electron chi connectivity index (χ2n) is 7.30. The number of hydrogen-bond acceptors (Lipinski definition) is 5. The monoisotopic (exact) mass is 388 g/mol. The maximum absolute atomic E-state index is 14.6. The van der Waals surface area contributed by atoms with Crippen LogP contribution in [0.2, 0.25) is 0 Å². The van der Waals surface area contributed by atoms with Crippen LogP contribution in [0, 0.1) is 5.92 Å². The molecule has 1 saturated heterocycles. The van der Waals surface area contributed by atoms with Gasteiger partial charge in [0.1, 0.15) is 6.10 Å². The van der Waals surface area contributed by atoms with Crippen molar-refractivity contribution >= 4 is 12.0 Å². The Morgan fingerprint density at radius 3 is 2.50 bits per heavy atom. The highest BCUT2D eigenvalue weighted by molar-refractivity contribution is 5.68. The first-order valence-corrected chi connectivity index (χ1v) is 9.42. The molecule has 0 saturated carbocycles. The second-order valence-corrected chi connectivity index (χ2v) is 7.30. The van der Waals surface area contributed by atoms with Gasteiger partial charge >= 0.3 is 6.09 Å². The zero-order chi connectivity index (χ0) is 19.6. The molecule has 1 atom stereocenters. The third kappa shape index (κ3) is 4.05. The van der Waals surface area contributed by atoms with Crippen LogP contribution in [0.1, 0.15) is 17.5 Å². The van der Waals surface area contributed by atoms with E-state index in [1.54, 1.807) is 18.5 Å². The van der Waals surface area contributed by atoms with Gasteiger partial charge in [-0.2, -0.15) is 0 Å². The molecule has 1 unspecified atom stereocenters. The standard InChI is InChI=1S/C20H22F2N4O2/c21-20(22)13-26(9-6-16(20)12-25-18-23-7-3-8-24-18)19(27)28-17-10-14-4-1-2-5-15(14)11-17/h1-5,7-8,16-17H,6,9-13H2,(H,23,24,25). The first kappa shape index (κ1) is 18.6. The van der Waals surface area contributed by atoms with Gasteiger partial charge in [-0.25, -0.2) is 23.5 Å². The smallest absolute Gasteiger partial charge is 0.410 e. The number of piperidine rings is 1. The molecule has 1 N–H and O–H groups in total. The number of carbonyl (C=O) groups excluding carboxylic acids is 1. The minimum absolute atomic E-state index is 0.0534. The van der Waals surface area contributed by atoms with Gasteiger partial charge < -0.3 is 15.0 Å². The highest BCUT2D eigenvalue weighted by Crippen LogP contribution is 2.34. The van der Waals surface area contributed by atoms with E-state index in [1.807, 2.05) is 24.3 Å². The van der Waals surface area contributed by atoms with Crippen molar-refractivity contribution in [1.82, 2.24) is 14.9 Å². The molecule has 1 aromatic heterocycles. The molecule has 1 amide bonds. The lowest BCUT2D eigenvalue weighted by Gasteiger charge is -2.38. The van der Waals surface area contributed by atoms with Crippen LogP contribution in [-0.2, 0) is 17.6 Å². The molecule has 148 valence electrons. The van der Waals surface area contributed by atoms with E-state index in [1.165, 1.54) is 0 Å². The summed E-state index contributed by atoms with van der Waals surface area (Å²) in [5, 5.41) is 2.85. The predicted molar refractivity (Wildman–Crippen MR) is 99.3 cm³/mol. The number of anilines is 1. The van der Waals surface area contributed by atoms with Gasteiger partial charge in [0.25, 0.3) is 5.92 Å². The Kier molecular flexibility index (Phi) is 5.11. The first-order valence-electron chi connectivity index (χ1n) is 9.42.